The van der Waals surface area contributed by atoms with E-state index in [0.29, 0.717) is 35.5 Å². The van der Waals surface area contributed by atoms with Gasteiger partial charge in [0.25, 0.3) is 5.91 Å². The highest BCUT2D eigenvalue weighted by Gasteiger charge is 2.30. The number of nitrogens with two attached hydrogens (primary N) is 1. The molecule has 3 aromatic rings. The molecule has 1 aromatic heterocycles. The van der Waals surface area contributed by atoms with Crippen molar-refractivity contribution in [2.75, 3.05) is 0 Å². The third-order valence-electron chi connectivity index (χ3n) is 4.68. The number of amides is 1. The van der Waals surface area contributed by atoms with Crippen LogP contribution in [0, 0.1) is 12.7 Å². The summed E-state index contributed by atoms with van der Waals surface area (Å²) in [5.41, 5.74) is 7.68. The van der Waals surface area contributed by atoms with Gasteiger partial charge in [0.05, 0.1) is 11.1 Å². The number of primary amides is 1. The molecular formula is C21H18F4N2O. The topological polar surface area (TPSA) is 48.0 Å². The van der Waals surface area contributed by atoms with Crippen LogP contribution in [0.1, 0.15) is 27.2 Å². The molecule has 2 N–H and O–H groups in total. The summed E-state index contributed by atoms with van der Waals surface area (Å²) in [4.78, 5) is 11.7. The van der Waals surface area contributed by atoms with Crippen molar-refractivity contribution in [2.24, 2.45) is 5.73 Å². The van der Waals surface area contributed by atoms with Crippen LogP contribution in [0.2, 0.25) is 0 Å². The van der Waals surface area contributed by atoms with E-state index in [1.807, 2.05) is 4.57 Å². The van der Waals surface area contributed by atoms with Gasteiger partial charge in [0.1, 0.15) is 5.82 Å². The Morgan fingerprint density at radius 3 is 2.18 bits per heavy atom. The van der Waals surface area contributed by atoms with Crippen molar-refractivity contribution >= 4 is 5.91 Å². The van der Waals surface area contributed by atoms with E-state index in [9.17, 15) is 22.4 Å². The van der Waals surface area contributed by atoms with Crippen LogP contribution in [0.3, 0.4) is 0 Å². The maximum Gasteiger partial charge on any atom is 0.416 e. The molecule has 0 unspecified atom stereocenters. The van der Waals surface area contributed by atoms with Crippen molar-refractivity contribution in [3.05, 3.63) is 82.8 Å². The van der Waals surface area contributed by atoms with Crippen molar-refractivity contribution in [1.82, 2.24) is 4.57 Å². The second kappa shape index (κ2) is 7.50. The maximum absolute atomic E-state index is 13.1. The Morgan fingerprint density at radius 2 is 1.64 bits per heavy atom. The zero-order chi connectivity index (χ0) is 20.5. The summed E-state index contributed by atoms with van der Waals surface area (Å²) in [6, 6.07) is 12.4. The van der Waals surface area contributed by atoms with Crippen molar-refractivity contribution < 1.29 is 22.4 Å². The van der Waals surface area contributed by atoms with E-state index in [2.05, 4.69) is 0 Å². The molecule has 0 saturated carbocycles. The minimum Gasteiger partial charge on any atom is -0.366 e. The predicted octanol–water partition coefficient (Wildman–Crippen LogP) is 4.96. The summed E-state index contributed by atoms with van der Waals surface area (Å²) in [7, 11) is 0. The number of carbonyl (C=O) groups is 1. The number of hydrogen-bond donors (Lipinski definition) is 1. The van der Waals surface area contributed by atoms with Crippen molar-refractivity contribution in [2.45, 2.75) is 26.1 Å². The zero-order valence-electron chi connectivity index (χ0n) is 15.1. The molecule has 146 valence electrons. The third-order valence-corrected chi connectivity index (χ3v) is 4.68. The van der Waals surface area contributed by atoms with Gasteiger partial charge in [-0.25, -0.2) is 4.39 Å². The molecule has 2 aromatic carbocycles. The lowest BCUT2D eigenvalue weighted by molar-refractivity contribution is -0.137. The van der Waals surface area contributed by atoms with Crippen molar-refractivity contribution in [3.8, 4) is 11.3 Å². The molecule has 3 rings (SSSR count). The van der Waals surface area contributed by atoms with E-state index in [4.69, 9.17) is 5.73 Å². The molecule has 7 heteroatoms. The van der Waals surface area contributed by atoms with Gasteiger partial charge in [-0.2, -0.15) is 13.2 Å². The lowest BCUT2D eigenvalue weighted by Crippen LogP contribution is -2.13. The van der Waals surface area contributed by atoms with Gasteiger partial charge in [-0.05, 0) is 54.8 Å². The minimum atomic E-state index is -4.42. The molecule has 0 bridgehead atoms. The summed E-state index contributed by atoms with van der Waals surface area (Å²) < 4.78 is 53.4. The molecule has 1 heterocycles. The Morgan fingerprint density at radius 1 is 1.04 bits per heavy atom. The van der Waals surface area contributed by atoms with Crippen LogP contribution in [0.5, 0.6) is 0 Å². The first-order chi connectivity index (χ1) is 13.2. The first kappa shape index (κ1) is 19.7. The van der Waals surface area contributed by atoms with Gasteiger partial charge < -0.3 is 10.3 Å². The van der Waals surface area contributed by atoms with Gasteiger partial charge in [0.2, 0.25) is 0 Å². The Kier molecular flexibility index (Phi) is 5.27. The van der Waals surface area contributed by atoms with Gasteiger partial charge in [-0.15, -0.1) is 0 Å². The summed E-state index contributed by atoms with van der Waals surface area (Å²) in [6.45, 7) is 2.19. The van der Waals surface area contributed by atoms with Crippen LogP contribution in [0.4, 0.5) is 17.6 Å². The number of aryl methyl sites for hydroxylation is 1. The van der Waals surface area contributed by atoms with Crippen LogP contribution in [-0.4, -0.2) is 10.5 Å². The molecule has 0 aliphatic carbocycles. The number of hydrogen-bond acceptors (Lipinski definition) is 1. The largest absolute Gasteiger partial charge is 0.416 e. The van der Waals surface area contributed by atoms with Gasteiger partial charge in [-0.3, -0.25) is 4.79 Å². The van der Waals surface area contributed by atoms with E-state index in [0.717, 1.165) is 17.7 Å². The van der Waals surface area contributed by atoms with Crippen molar-refractivity contribution in [3.63, 3.8) is 0 Å². The molecule has 0 atom stereocenters. The lowest BCUT2D eigenvalue weighted by Gasteiger charge is -2.13. The standard InChI is InChI=1S/C21H18F4N2O/c1-13-18(20(26)28)12-19(15-4-6-16(7-5-15)21(23,24)25)27(13)11-10-14-2-8-17(22)9-3-14/h2-9,12H,10-11H2,1H3,(H2,26,28). The fourth-order valence-electron chi connectivity index (χ4n) is 3.14. The molecule has 0 fully saturated rings. The van der Waals surface area contributed by atoms with Gasteiger partial charge in [-0.1, -0.05) is 24.3 Å². The van der Waals surface area contributed by atoms with Crippen LogP contribution < -0.4 is 5.73 Å². The SMILES string of the molecule is Cc1c(C(N)=O)cc(-c2ccc(C(F)(F)F)cc2)n1CCc1ccc(F)cc1. The highest BCUT2D eigenvalue weighted by atomic mass is 19.4. The number of nitrogens with zero attached hydrogens (tertiary/aromatic N) is 1. The number of carbonyl (C=O) groups excluding carboxylic acids is 1. The van der Waals surface area contributed by atoms with Crippen LogP contribution >= 0.6 is 0 Å². The number of rotatable bonds is 5. The first-order valence-electron chi connectivity index (χ1n) is 8.59. The molecular weight excluding hydrogens is 372 g/mol. The highest BCUT2D eigenvalue weighted by molar-refractivity contribution is 5.95. The second-order valence-corrected chi connectivity index (χ2v) is 6.50. The number of alkyl halides is 3. The van der Waals surface area contributed by atoms with Crippen LogP contribution in [0.15, 0.2) is 54.6 Å². The number of benzene rings is 2. The molecule has 28 heavy (non-hydrogen) atoms. The van der Waals surface area contributed by atoms with Gasteiger partial charge in [0, 0.05) is 17.9 Å². The summed E-state index contributed by atoms with van der Waals surface area (Å²) >= 11 is 0. The molecule has 0 aliphatic heterocycles. The smallest absolute Gasteiger partial charge is 0.366 e. The highest BCUT2D eigenvalue weighted by Crippen LogP contribution is 2.32. The average Bonchev–Trinajstić information content (AvgIpc) is 2.97. The fourth-order valence-corrected chi connectivity index (χ4v) is 3.14. The van der Waals surface area contributed by atoms with E-state index >= 15 is 0 Å². The number of halogens is 4. The second-order valence-electron chi connectivity index (χ2n) is 6.50. The number of aromatic nitrogens is 1. The first-order valence-corrected chi connectivity index (χ1v) is 8.59. The quantitative estimate of drug-likeness (QED) is 0.615. The van der Waals surface area contributed by atoms with E-state index in [-0.39, 0.29) is 5.82 Å². The van der Waals surface area contributed by atoms with Gasteiger partial charge in [0.15, 0.2) is 0 Å². The van der Waals surface area contributed by atoms with Crippen molar-refractivity contribution in [1.29, 1.82) is 0 Å². The Bertz CT molecular complexity index is 987. The minimum absolute atomic E-state index is 0.314. The summed E-state index contributed by atoms with van der Waals surface area (Å²) in [5.74, 6) is -0.937. The summed E-state index contributed by atoms with van der Waals surface area (Å²) in [6.07, 6.45) is -3.86. The molecule has 0 aliphatic rings. The Balaban J connectivity index is 1.96. The molecule has 1 amide bonds. The van der Waals surface area contributed by atoms with E-state index in [1.54, 1.807) is 25.1 Å². The fraction of sp³-hybridized carbons (Fsp3) is 0.190. The lowest BCUT2D eigenvalue weighted by atomic mass is 10.1. The van der Waals surface area contributed by atoms with E-state index < -0.39 is 17.6 Å². The monoisotopic (exact) mass is 390 g/mol. The summed E-state index contributed by atoms with van der Waals surface area (Å²) in [5, 5.41) is 0. The Labute approximate surface area is 159 Å². The maximum atomic E-state index is 13.1. The average molecular weight is 390 g/mol. The molecule has 0 spiro atoms. The third kappa shape index (κ3) is 4.08. The van der Waals surface area contributed by atoms with Gasteiger partial charge >= 0.3 is 6.18 Å². The predicted molar refractivity (Wildman–Crippen MR) is 98.2 cm³/mol. The molecule has 0 radical (unpaired) electrons. The van der Waals surface area contributed by atoms with E-state index in [1.165, 1.54) is 24.3 Å². The van der Waals surface area contributed by atoms with Crippen LogP contribution in [0.25, 0.3) is 11.3 Å². The normalized spacial score (nSPS) is 11.6. The molecule has 3 nitrogen and oxygen atoms in total. The van der Waals surface area contributed by atoms with Crippen LogP contribution in [-0.2, 0) is 19.1 Å². The molecule has 0 saturated heterocycles. The Hall–Kier alpha value is -3.09. The zero-order valence-corrected chi connectivity index (χ0v) is 15.1.